The smallest absolute Gasteiger partial charge is 0.221 e. The molecule has 0 aliphatic heterocycles. The van der Waals surface area contributed by atoms with Crippen LogP contribution < -0.4 is 10.6 Å². The van der Waals surface area contributed by atoms with Gasteiger partial charge in [-0.3, -0.25) is 9.59 Å². The molecule has 1 unspecified atom stereocenters. The fourth-order valence-electron chi connectivity index (χ4n) is 0.737. The van der Waals surface area contributed by atoms with E-state index in [1.54, 1.807) is 0 Å². The highest BCUT2D eigenvalue weighted by molar-refractivity contribution is 5.77. The van der Waals surface area contributed by atoms with E-state index in [0.29, 0.717) is 0 Å². The van der Waals surface area contributed by atoms with Gasteiger partial charge in [-0.05, 0) is 0 Å². The van der Waals surface area contributed by atoms with Gasteiger partial charge in [0.15, 0.2) is 0 Å². The van der Waals surface area contributed by atoms with Crippen LogP contribution in [0.5, 0.6) is 0 Å². The molecule has 82 valence electrons. The lowest BCUT2D eigenvalue weighted by atomic mass is 10.3. The van der Waals surface area contributed by atoms with Crippen LogP contribution >= 0.6 is 0 Å². The normalized spacial score (nSPS) is 11.9. The zero-order chi connectivity index (χ0) is 11.0. The van der Waals surface area contributed by atoms with Gasteiger partial charge in [0.25, 0.3) is 0 Å². The van der Waals surface area contributed by atoms with Gasteiger partial charge < -0.3 is 20.8 Å². The Morgan fingerprint density at radius 2 is 2.00 bits per heavy atom. The highest BCUT2D eigenvalue weighted by Gasteiger charge is 2.05. The molecule has 0 radical (unpaired) electrons. The summed E-state index contributed by atoms with van der Waals surface area (Å²) in [6.07, 6.45) is -0.766. The first-order valence-electron chi connectivity index (χ1n) is 4.36. The van der Waals surface area contributed by atoms with E-state index in [-0.39, 0.29) is 37.9 Å². The van der Waals surface area contributed by atoms with Crippen molar-refractivity contribution in [3.63, 3.8) is 0 Å². The van der Waals surface area contributed by atoms with Gasteiger partial charge in [0, 0.05) is 26.4 Å². The Balaban J connectivity index is 3.41. The Bertz CT molecular complexity index is 196. The molecule has 1 atom stereocenters. The number of hydrogen-bond acceptors (Lipinski definition) is 4. The molecule has 0 aliphatic rings. The molecule has 0 aliphatic carbocycles. The first kappa shape index (κ1) is 12.9. The fraction of sp³-hybridized carbons (Fsp3) is 0.750. The van der Waals surface area contributed by atoms with Gasteiger partial charge in [0.2, 0.25) is 11.8 Å². The van der Waals surface area contributed by atoms with Gasteiger partial charge in [-0.1, -0.05) is 0 Å². The van der Waals surface area contributed by atoms with Gasteiger partial charge in [-0.15, -0.1) is 0 Å². The zero-order valence-corrected chi connectivity index (χ0v) is 8.12. The van der Waals surface area contributed by atoms with Crippen molar-refractivity contribution in [2.45, 2.75) is 19.4 Å². The summed E-state index contributed by atoms with van der Waals surface area (Å²) in [5, 5.41) is 22.2. The van der Waals surface area contributed by atoms with E-state index in [2.05, 4.69) is 10.6 Å². The zero-order valence-electron chi connectivity index (χ0n) is 8.12. The van der Waals surface area contributed by atoms with E-state index in [0.717, 1.165) is 0 Å². The van der Waals surface area contributed by atoms with Crippen LogP contribution in [0.3, 0.4) is 0 Å². The van der Waals surface area contributed by atoms with Crippen molar-refractivity contribution in [2.24, 2.45) is 0 Å². The summed E-state index contributed by atoms with van der Waals surface area (Å²) in [7, 11) is 0. The molecular formula is C8H16N2O4. The maximum atomic E-state index is 11.0. The van der Waals surface area contributed by atoms with Crippen LogP contribution in [0, 0.1) is 0 Å². The lowest BCUT2D eigenvalue weighted by Crippen LogP contribution is -2.35. The van der Waals surface area contributed by atoms with Crippen molar-refractivity contribution in [1.29, 1.82) is 0 Å². The van der Waals surface area contributed by atoms with Crippen molar-refractivity contribution >= 4 is 11.8 Å². The number of rotatable bonds is 6. The maximum Gasteiger partial charge on any atom is 0.221 e. The van der Waals surface area contributed by atoms with Gasteiger partial charge >= 0.3 is 0 Å². The summed E-state index contributed by atoms with van der Waals surface area (Å²) in [6, 6.07) is 0. The summed E-state index contributed by atoms with van der Waals surface area (Å²) in [4.78, 5) is 21.4. The molecule has 4 N–H and O–H groups in total. The lowest BCUT2D eigenvalue weighted by Gasteiger charge is -2.08. The Hall–Kier alpha value is -1.14. The van der Waals surface area contributed by atoms with Crippen LogP contribution in [0.4, 0.5) is 0 Å². The van der Waals surface area contributed by atoms with Crippen molar-refractivity contribution in [3.05, 3.63) is 0 Å². The Labute approximate surface area is 82.3 Å². The average molecular weight is 204 g/mol. The summed E-state index contributed by atoms with van der Waals surface area (Å²) in [5.74, 6) is -0.459. The second kappa shape index (κ2) is 7.28. The van der Waals surface area contributed by atoms with Gasteiger partial charge in [-0.2, -0.15) is 0 Å². The molecule has 0 heterocycles. The van der Waals surface area contributed by atoms with E-state index in [1.165, 1.54) is 6.92 Å². The summed E-state index contributed by atoms with van der Waals surface area (Å²) >= 11 is 0. The predicted octanol–water partition coefficient (Wildman–Crippen LogP) is -2.02. The number of carbonyl (C=O) groups is 2. The molecule has 14 heavy (non-hydrogen) atoms. The Morgan fingerprint density at radius 1 is 1.36 bits per heavy atom. The summed E-state index contributed by atoms with van der Waals surface area (Å²) < 4.78 is 0. The Kier molecular flexibility index (Phi) is 6.69. The molecule has 0 saturated carbocycles. The molecule has 2 amide bonds. The van der Waals surface area contributed by atoms with Crippen LogP contribution in [0.15, 0.2) is 0 Å². The minimum Gasteiger partial charge on any atom is -0.394 e. The van der Waals surface area contributed by atoms with Crippen LogP contribution in [0.25, 0.3) is 0 Å². The molecule has 6 heteroatoms. The second-order valence-electron chi connectivity index (χ2n) is 2.87. The van der Waals surface area contributed by atoms with E-state index in [9.17, 15) is 9.59 Å². The molecule has 6 nitrogen and oxygen atoms in total. The molecular weight excluding hydrogens is 188 g/mol. The number of aliphatic hydroxyl groups excluding tert-OH is 2. The molecule has 0 aromatic carbocycles. The molecule has 0 saturated heterocycles. The quantitative estimate of drug-likeness (QED) is 0.401. The van der Waals surface area contributed by atoms with Crippen molar-refractivity contribution in [1.82, 2.24) is 10.6 Å². The number of nitrogens with one attached hydrogen (secondary N) is 2. The average Bonchev–Trinajstić information content (AvgIpc) is 2.13. The first-order valence-corrected chi connectivity index (χ1v) is 4.36. The van der Waals surface area contributed by atoms with E-state index in [1.807, 2.05) is 0 Å². The third-order valence-corrected chi connectivity index (χ3v) is 1.47. The first-order chi connectivity index (χ1) is 6.56. The van der Waals surface area contributed by atoms with Crippen molar-refractivity contribution in [3.8, 4) is 0 Å². The fourth-order valence-corrected chi connectivity index (χ4v) is 0.737. The topological polar surface area (TPSA) is 98.7 Å². The highest BCUT2D eigenvalue weighted by Crippen LogP contribution is 1.81. The number of aliphatic hydroxyl groups is 2. The minimum absolute atomic E-state index is 0.0232. The predicted molar refractivity (Wildman–Crippen MR) is 49.4 cm³/mol. The van der Waals surface area contributed by atoms with E-state index >= 15 is 0 Å². The van der Waals surface area contributed by atoms with E-state index in [4.69, 9.17) is 10.2 Å². The van der Waals surface area contributed by atoms with Crippen molar-refractivity contribution < 1.29 is 19.8 Å². The summed E-state index contributed by atoms with van der Waals surface area (Å²) in [6.45, 7) is 1.28. The molecule has 0 aromatic heterocycles. The van der Waals surface area contributed by atoms with Gasteiger partial charge in [0.1, 0.15) is 0 Å². The third kappa shape index (κ3) is 7.51. The molecule has 0 spiro atoms. The number of carbonyl (C=O) groups excluding carboxylic acids is 2. The summed E-state index contributed by atoms with van der Waals surface area (Å²) in [5.41, 5.74) is 0. The number of amides is 2. The molecule has 0 aromatic rings. The lowest BCUT2D eigenvalue weighted by molar-refractivity contribution is -0.122. The van der Waals surface area contributed by atoms with Gasteiger partial charge in [0.05, 0.1) is 12.7 Å². The monoisotopic (exact) mass is 204 g/mol. The molecule has 0 fully saturated rings. The Morgan fingerprint density at radius 3 is 2.50 bits per heavy atom. The molecule has 0 rings (SSSR count). The van der Waals surface area contributed by atoms with Crippen molar-refractivity contribution in [2.75, 3.05) is 19.7 Å². The highest BCUT2D eigenvalue weighted by atomic mass is 16.3. The van der Waals surface area contributed by atoms with E-state index < -0.39 is 6.10 Å². The van der Waals surface area contributed by atoms with Gasteiger partial charge in [-0.25, -0.2) is 0 Å². The SMILES string of the molecule is CC(=O)NCCC(=O)NCC(O)CO. The second-order valence-corrected chi connectivity index (χ2v) is 2.87. The number of hydrogen-bond donors (Lipinski definition) is 4. The van der Waals surface area contributed by atoms with Crippen LogP contribution in [-0.4, -0.2) is 47.8 Å². The standard InChI is InChI=1S/C8H16N2O4/c1-6(12)9-3-2-8(14)10-4-7(13)5-11/h7,11,13H,2-5H2,1H3,(H,9,12)(H,10,14). The van der Waals surface area contributed by atoms with Crippen LogP contribution in [0.2, 0.25) is 0 Å². The van der Waals surface area contributed by atoms with Crippen LogP contribution in [0.1, 0.15) is 13.3 Å². The van der Waals surface area contributed by atoms with Crippen LogP contribution in [-0.2, 0) is 9.59 Å². The molecule has 0 bridgehead atoms. The largest absolute Gasteiger partial charge is 0.394 e. The maximum absolute atomic E-state index is 11.0. The third-order valence-electron chi connectivity index (χ3n) is 1.47. The minimum atomic E-state index is -0.931.